The van der Waals surface area contributed by atoms with E-state index in [9.17, 15) is 9.90 Å². The van der Waals surface area contributed by atoms with Crippen molar-refractivity contribution in [1.82, 2.24) is 4.90 Å². The second kappa shape index (κ2) is 11.7. The van der Waals surface area contributed by atoms with Crippen LogP contribution in [-0.2, 0) is 9.53 Å². The highest BCUT2D eigenvalue weighted by atomic mass is 35.5. The third-order valence-electron chi connectivity index (χ3n) is 5.29. The van der Waals surface area contributed by atoms with Crippen LogP contribution < -0.4 is 0 Å². The summed E-state index contributed by atoms with van der Waals surface area (Å²) in [7, 11) is 1.63. The molecule has 7 heteroatoms. The monoisotopic (exact) mass is 465 g/mol. The summed E-state index contributed by atoms with van der Waals surface area (Å²) in [5, 5.41) is 10.1. The van der Waals surface area contributed by atoms with Crippen molar-refractivity contribution in [2.45, 2.75) is 19.4 Å². The Bertz CT molecular complexity index is 1080. The third kappa shape index (κ3) is 6.26. The van der Waals surface area contributed by atoms with Crippen LogP contribution in [0.2, 0.25) is 5.02 Å². The third-order valence-corrected chi connectivity index (χ3v) is 5.55. The van der Waals surface area contributed by atoms with E-state index >= 15 is 0 Å². The molecule has 0 spiro atoms. The minimum atomic E-state index is -0.550. The lowest BCUT2D eigenvalue weighted by atomic mass is 10.0. The van der Waals surface area contributed by atoms with Crippen LogP contribution in [0.5, 0.6) is 0 Å². The lowest BCUT2D eigenvalue weighted by Gasteiger charge is -2.28. The number of ether oxygens (including phenoxy) is 1. The average Bonchev–Trinajstić information content (AvgIpc) is 3.23. The van der Waals surface area contributed by atoms with Gasteiger partial charge < -0.3 is 14.7 Å². The highest BCUT2D eigenvalue weighted by Gasteiger charge is 2.32. The number of carbonyl (C=O) groups is 1. The molecule has 2 aromatic rings. The molecule has 0 saturated carbocycles. The molecule has 0 aromatic heterocycles. The van der Waals surface area contributed by atoms with Crippen molar-refractivity contribution < 1.29 is 14.6 Å². The molecule has 1 aliphatic heterocycles. The van der Waals surface area contributed by atoms with Crippen molar-refractivity contribution in [3.8, 4) is 0 Å². The Balaban J connectivity index is 1.95. The van der Waals surface area contributed by atoms with Gasteiger partial charge in [0.05, 0.1) is 29.8 Å². The van der Waals surface area contributed by atoms with Crippen LogP contribution in [0.15, 0.2) is 88.6 Å². The molecule has 1 atom stereocenters. The van der Waals surface area contributed by atoms with E-state index in [0.717, 1.165) is 28.2 Å². The molecule has 0 saturated heterocycles. The molecule has 0 bridgehead atoms. The summed E-state index contributed by atoms with van der Waals surface area (Å²) in [5.41, 5.74) is 4.64. The van der Waals surface area contributed by atoms with Gasteiger partial charge in [-0.3, -0.25) is 14.8 Å². The molecule has 1 N–H and O–H groups in total. The maximum absolute atomic E-state index is 12.4. The maximum atomic E-state index is 12.4. The number of aliphatic hydroxyl groups is 1. The van der Waals surface area contributed by atoms with Gasteiger partial charge in [0.25, 0.3) is 0 Å². The van der Waals surface area contributed by atoms with Crippen molar-refractivity contribution in [2.75, 3.05) is 26.9 Å². The average molecular weight is 466 g/mol. The quantitative estimate of drug-likeness (QED) is 0.562. The minimum Gasteiger partial charge on any atom is -0.387 e. The predicted molar refractivity (Wildman–Crippen MR) is 133 cm³/mol. The summed E-state index contributed by atoms with van der Waals surface area (Å²) in [4.78, 5) is 23.5. The predicted octanol–water partition coefficient (Wildman–Crippen LogP) is 4.28. The number of hydrogen-bond donors (Lipinski definition) is 1. The largest absolute Gasteiger partial charge is 0.387 e. The molecule has 0 fully saturated rings. The number of carbonyl (C=O) groups excluding carboxylic acids is 1. The van der Waals surface area contributed by atoms with Gasteiger partial charge in [-0.15, -0.1) is 0 Å². The summed E-state index contributed by atoms with van der Waals surface area (Å²) < 4.78 is 5.32. The highest BCUT2D eigenvalue weighted by Crippen LogP contribution is 2.28. The van der Waals surface area contributed by atoms with Crippen LogP contribution in [0, 0.1) is 0 Å². The molecule has 0 aliphatic carbocycles. The van der Waals surface area contributed by atoms with E-state index in [-0.39, 0.29) is 11.9 Å². The van der Waals surface area contributed by atoms with Crippen LogP contribution in [0.4, 0.5) is 0 Å². The number of allylic oxidation sites excluding steroid dienone is 1. The summed E-state index contributed by atoms with van der Waals surface area (Å²) >= 11 is 6.05. The topological polar surface area (TPSA) is 74.5 Å². The number of rotatable bonds is 9. The molecular weight excluding hydrogens is 438 g/mol. The Morgan fingerprint density at radius 2 is 1.97 bits per heavy atom. The van der Waals surface area contributed by atoms with Gasteiger partial charge in [0.2, 0.25) is 5.91 Å². The summed E-state index contributed by atoms with van der Waals surface area (Å²) in [6, 6.07) is 16.8. The van der Waals surface area contributed by atoms with E-state index in [4.69, 9.17) is 21.3 Å². The van der Waals surface area contributed by atoms with Crippen molar-refractivity contribution in [1.29, 1.82) is 0 Å². The molecular formula is C26H28ClN3O3. The summed E-state index contributed by atoms with van der Waals surface area (Å²) in [5.74, 6) is -0.339. The van der Waals surface area contributed by atoms with Gasteiger partial charge in [-0.2, -0.15) is 0 Å². The lowest BCUT2D eigenvalue weighted by molar-refractivity contribution is -0.134. The van der Waals surface area contributed by atoms with Gasteiger partial charge in [-0.25, -0.2) is 0 Å². The standard InChI is InChI=1S/C26H28ClN3O3/c1-4-30(25(32)16-31)24-15-22(29-26(24)20-10-12-21(27)13-11-20)14-18(2)28-23(17-33-3)19-8-6-5-7-9-19/h5-14,24,31H,2,4,15-17H2,1,3H3/b22-14+,28-23?. The smallest absolute Gasteiger partial charge is 0.248 e. The minimum absolute atomic E-state index is 0.300. The first-order valence-corrected chi connectivity index (χ1v) is 11.1. The van der Waals surface area contributed by atoms with Crippen LogP contribution >= 0.6 is 11.6 Å². The molecule has 3 rings (SSSR count). The zero-order valence-corrected chi connectivity index (χ0v) is 19.6. The van der Waals surface area contributed by atoms with Gasteiger partial charge in [-0.05, 0) is 36.3 Å². The van der Waals surface area contributed by atoms with E-state index in [1.807, 2.05) is 55.5 Å². The first-order chi connectivity index (χ1) is 16.0. The van der Waals surface area contributed by atoms with E-state index < -0.39 is 6.61 Å². The van der Waals surface area contributed by atoms with Crippen molar-refractivity contribution in [2.24, 2.45) is 9.98 Å². The van der Waals surface area contributed by atoms with Crippen molar-refractivity contribution in [3.05, 3.63) is 94.8 Å². The number of aliphatic imine (C=N–C) groups is 2. The van der Waals surface area contributed by atoms with Crippen LogP contribution in [0.1, 0.15) is 24.5 Å². The molecule has 6 nitrogen and oxygen atoms in total. The fourth-order valence-corrected chi connectivity index (χ4v) is 3.93. The Kier molecular flexibility index (Phi) is 8.72. The number of amides is 1. The zero-order chi connectivity index (χ0) is 23.8. The SMILES string of the molecule is C=C(/C=C1\CC(N(CC)C(=O)CO)C(c2ccc(Cl)cc2)=N1)N=C(COC)c1ccccc1. The summed E-state index contributed by atoms with van der Waals surface area (Å²) in [6.07, 6.45) is 2.32. The molecule has 1 amide bonds. The van der Waals surface area contributed by atoms with Crippen molar-refractivity contribution >= 4 is 28.9 Å². The molecule has 1 heterocycles. The number of methoxy groups -OCH3 is 1. The Morgan fingerprint density at radius 1 is 1.27 bits per heavy atom. The number of halogens is 1. The number of hydrogen-bond acceptors (Lipinski definition) is 5. The van der Waals surface area contributed by atoms with E-state index in [2.05, 4.69) is 11.6 Å². The maximum Gasteiger partial charge on any atom is 0.248 e. The fraction of sp³-hybridized carbons (Fsp3) is 0.269. The van der Waals surface area contributed by atoms with Crippen LogP contribution in [0.25, 0.3) is 0 Å². The van der Waals surface area contributed by atoms with Crippen LogP contribution in [-0.4, -0.2) is 60.2 Å². The second-order valence-corrected chi connectivity index (χ2v) is 7.98. The van der Waals surface area contributed by atoms with Crippen molar-refractivity contribution in [3.63, 3.8) is 0 Å². The second-order valence-electron chi connectivity index (χ2n) is 7.55. The molecule has 2 aromatic carbocycles. The number of aliphatic hydroxyl groups excluding tert-OH is 1. The first-order valence-electron chi connectivity index (χ1n) is 10.7. The molecule has 0 radical (unpaired) electrons. The number of benzene rings is 2. The molecule has 172 valence electrons. The number of nitrogens with zero attached hydrogens (tertiary/aromatic N) is 3. The van der Waals surface area contributed by atoms with E-state index in [1.54, 1.807) is 24.1 Å². The fourth-order valence-electron chi connectivity index (χ4n) is 3.80. The van der Waals surface area contributed by atoms with E-state index in [1.165, 1.54) is 0 Å². The van der Waals surface area contributed by atoms with Gasteiger partial charge in [0.15, 0.2) is 0 Å². The first kappa shape index (κ1) is 24.6. The van der Waals surface area contributed by atoms with E-state index in [0.29, 0.717) is 30.3 Å². The highest BCUT2D eigenvalue weighted by molar-refractivity contribution is 6.30. The van der Waals surface area contributed by atoms with Gasteiger partial charge >= 0.3 is 0 Å². The van der Waals surface area contributed by atoms with Gasteiger partial charge in [-0.1, -0.05) is 60.6 Å². The normalized spacial score (nSPS) is 17.2. The molecule has 33 heavy (non-hydrogen) atoms. The Labute approximate surface area is 199 Å². The molecule has 1 aliphatic rings. The lowest BCUT2D eigenvalue weighted by Crippen LogP contribution is -2.45. The Hall–Kier alpha value is -3.06. The van der Waals surface area contributed by atoms with Gasteiger partial charge in [0, 0.05) is 30.8 Å². The zero-order valence-electron chi connectivity index (χ0n) is 18.9. The number of likely N-dealkylation sites (N-methyl/N-ethyl adjacent to an activating group) is 1. The molecule has 1 unspecified atom stereocenters. The summed E-state index contributed by atoms with van der Waals surface area (Å²) in [6.45, 7) is 6.23. The van der Waals surface area contributed by atoms with Gasteiger partial charge in [0.1, 0.15) is 6.61 Å². The van der Waals surface area contributed by atoms with Crippen LogP contribution in [0.3, 0.4) is 0 Å². The Morgan fingerprint density at radius 3 is 2.58 bits per heavy atom.